The molecule has 0 aliphatic carbocycles. The van der Waals surface area contributed by atoms with E-state index in [-0.39, 0.29) is 11.7 Å². The van der Waals surface area contributed by atoms with Gasteiger partial charge in [-0.25, -0.2) is 0 Å². The Morgan fingerprint density at radius 3 is 2.76 bits per heavy atom. The van der Waals surface area contributed by atoms with Crippen LogP contribution in [0.4, 0.5) is 11.4 Å². The first-order chi connectivity index (χ1) is 9.88. The Kier molecular flexibility index (Phi) is 4.52. The number of anilines is 1. The Morgan fingerprint density at radius 1 is 1.43 bits per heavy atom. The molecule has 112 valence electrons. The van der Waals surface area contributed by atoms with Crippen molar-refractivity contribution < 1.29 is 9.13 Å². The largest absolute Gasteiger partial charge is 0.381 e. The average Bonchev–Trinajstić information content (AvgIpc) is 2.37. The third-order valence-electron chi connectivity index (χ3n) is 3.10. The van der Waals surface area contributed by atoms with Gasteiger partial charge in [0.05, 0.1) is 10.3 Å². The van der Waals surface area contributed by atoms with Crippen molar-refractivity contribution in [1.82, 2.24) is 4.98 Å². The predicted molar refractivity (Wildman–Crippen MR) is 85.2 cm³/mol. The number of pyridine rings is 1. The first-order valence-electron chi connectivity index (χ1n) is 6.49. The second-order valence-electron chi connectivity index (χ2n) is 5.05. The van der Waals surface area contributed by atoms with Crippen LogP contribution < -0.4 is 5.32 Å². The Balaban J connectivity index is 2.49. The summed E-state index contributed by atoms with van der Waals surface area (Å²) in [5.74, 6) is 0.516. The minimum atomic E-state index is -0.902. The van der Waals surface area contributed by atoms with Gasteiger partial charge >= 0.3 is 0 Å². The molecule has 1 aromatic heterocycles. The molecule has 2 atom stereocenters. The molecule has 0 spiro atoms. The molecule has 1 heterocycles. The summed E-state index contributed by atoms with van der Waals surface area (Å²) in [7, 11) is -0.902. The highest BCUT2D eigenvalue weighted by Crippen LogP contribution is 2.31. The number of fused-ring (bicyclic) bond motifs is 1. The Bertz CT molecular complexity index is 718. The number of aryl methyl sites for hydroxylation is 1. The summed E-state index contributed by atoms with van der Waals surface area (Å²) in [6.07, 6.45) is 3.18. The van der Waals surface area contributed by atoms with Gasteiger partial charge in [-0.05, 0) is 26.0 Å². The van der Waals surface area contributed by atoms with Crippen LogP contribution in [0.3, 0.4) is 0 Å². The highest BCUT2D eigenvalue weighted by Gasteiger charge is 2.16. The van der Waals surface area contributed by atoms with Crippen LogP contribution in [0.2, 0.25) is 0 Å². The van der Waals surface area contributed by atoms with Crippen molar-refractivity contribution in [2.75, 3.05) is 17.3 Å². The monoisotopic (exact) mass is 307 g/mol. The first kappa shape index (κ1) is 15.4. The van der Waals surface area contributed by atoms with E-state index < -0.39 is 15.7 Å². The highest BCUT2D eigenvalue weighted by molar-refractivity contribution is 7.84. The topological polar surface area (TPSA) is 85.1 Å². The number of nitro benzene ring substituents is 1. The van der Waals surface area contributed by atoms with E-state index in [4.69, 9.17) is 0 Å². The van der Waals surface area contributed by atoms with E-state index in [1.54, 1.807) is 12.3 Å². The number of non-ortho nitro benzene ring substituents is 1. The lowest BCUT2D eigenvalue weighted by molar-refractivity contribution is -0.383. The maximum absolute atomic E-state index is 11.3. The van der Waals surface area contributed by atoms with Gasteiger partial charge in [0, 0.05) is 57.9 Å². The number of aromatic nitrogens is 1. The smallest absolute Gasteiger partial charge is 0.278 e. The van der Waals surface area contributed by atoms with Gasteiger partial charge in [0.2, 0.25) is 0 Å². The number of nitrogens with one attached hydrogen (secondary N) is 1. The van der Waals surface area contributed by atoms with Crippen LogP contribution in [0.25, 0.3) is 10.8 Å². The zero-order chi connectivity index (χ0) is 15.6. The number of hydrogen-bond acceptors (Lipinski definition) is 5. The SMILES string of the molecule is Cc1cc2c(NC(C)CS(C)=O)ccc([N+](=O)[O-])c2cn1. The summed E-state index contributed by atoms with van der Waals surface area (Å²) in [5.41, 5.74) is 1.62. The molecular formula is C14H17N3O3S. The van der Waals surface area contributed by atoms with Crippen LogP contribution in [0, 0.1) is 17.0 Å². The normalized spacial score (nSPS) is 13.9. The van der Waals surface area contributed by atoms with Crippen molar-refractivity contribution in [3.8, 4) is 0 Å². The minimum Gasteiger partial charge on any atom is -0.381 e. The van der Waals surface area contributed by atoms with Gasteiger partial charge in [0.15, 0.2) is 0 Å². The summed E-state index contributed by atoms with van der Waals surface area (Å²) in [6, 6.07) is 4.99. The molecule has 2 aromatic rings. The summed E-state index contributed by atoms with van der Waals surface area (Å²) >= 11 is 0. The molecule has 1 N–H and O–H groups in total. The molecule has 0 bridgehead atoms. The van der Waals surface area contributed by atoms with Crippen LogP contribution in [0.15, 0.2) is 24.4 Å². The lowest BCUT2D eigenvalue weighted by atomic mass is 10.1. The number of benzene rings is 1. The van der Waals surface area contributed by atoms with Crippen LogP contribution >= 0.6 is 0 Å². The second-order valence-corrected chi connectivity index (χ2v) is 6.53. The Morgan fingerprint density at radius 2 is 2.14 bits per heavy atom. The lowest BCUT2D eigenvalue weighted by Crippen LogP contribution is -2.22. The van der Waals surface area contributed by atoms with Crippen molar-refractivity contribution in [1.29, 1.82) is 0 Å². The minimum absolute atomic E-state index is 0.00830. The van der Waals surface area contributed by atoms with Gasteiger partial charge in [-0.15, -0.1) is 0 Å². The fourth-order valence-electron chi connectivity index (χ4n) is 2.27. The van der Waals surface area contributed by atoms with E-state index in [0.717, 1.165) is 16.8 Å². The molecule has 21 heavy (non-hydrogen) atoms. The third kappa shape index (κ3) is 3.55. The predicted octanol–water partition coefficient (Wildman–Crippen LogP) is 2.63. The van der Waals surface area contributed by atoms with E-state index in [9.17, 15) is 14.3 Å². The molecule has 0 fully saturated rings. The molecule has 2 unspecified atom stereocenters. The van der Waals surface area contributed by atoms with Gasteiger partial charge in [-0.1, -0.05) is 0 Å². The molecule has 7 heteroatoms. The van der Waals surface area contributed by atoms with Crippen molar-refractivity contribution in [3.05, 3.63) is 40.2 Å². The molecule has 0 saturated carbocycles. The third-order valence-corrected chi connectivity index (χ3v) is 4.07. The second kappa shape index (κ2) is 6.17. The van der Waals surface area contributed by atoms with Gasteiger partial charge in [-0.3, -0.25) is 19.3 Å². The Hall–Kier alpha value is -2.02. The van der Waals surface area contributed by atoms with Crippen LogP contribution in [-0.2, 0) is 10.8 Å². The molecule has 2 rings (SSSR count). The Labute approximate surface area is 125 Å². The van der Waals surface area contributed by atoms with Crippen molar-refractivity contribution in [2.45, 2.75) is 19.9 Å². The zero-order valence-corrected chi connectivity index (χ0v) is 12.9. The summed E-state index contributed by atoms with van der Waals surface area (Å²) < 4.78 is 11.3. The van der Waals surface area contributed by atoms with Crippen molar-refractivity contribution in [3.63, 3.8) is 0 Å². The molecular weight excluding hydrogens is 290 g/mol. The van der Waals surface area contributed by atoms with Crippen molar-refractivity contribution in [2.24, 2.45) is 0 Å². The maximum Gasteiger partial charge on any atom is 0.278 e. The lowest BCUT2D eigenvalue weighted by Gasteiger charge is -2.16. The summed E-state index contributed by atoms with van der Waals surface area (Å²) in [5, 5.41) is 15.6. The van der Waals surface area contributed by atoms with Crippen LogP contribution in [0.1, 0.15) is 12.6 Å². The number of rotatable bonds is 5. The standard InChI is InChI=1S/C14H17N3O3S/c1-9-6-11-12(7-15-9)14(17(18)19)5-4-13(11)16-10(2)8-21(3)20/h4-7,10,16H,8H2,1-3H3. The molecule has 0 radical (unpaired) electrons. The molecule has 0 aliphatic rings. The molecule has 0 aliphatic heterocycles. The van der Waals surface area contributed by atoms with E-state index in [2.05, 4.69) is 10.3 Å². The molecule has 1 aromatic carbocycles. The van der Waals surface area contributed by atoms with E-state index in [1.165, 1.54) is 12.3 Å². The van der Waals surface area contributed by atoms with Gasteiger partial charge < -0.3 is 5.32 Å². The zero-order valence-electron chi connectivity index (χ0n) is 12.1. The van der Waals surface area contributed by atoms with Crippen molar-refractivity contribution >= 4 is 32.9 Å². The number of nitro groups is 1. The summed E-state index contributed by atoms with van der Waals surface area (Å²) in [4.78, 5) is 14.8. The number of hydrogen-bond donors (Lipinski definition) is 1. The quantitative estimate of drug-likeness (QED) is 0.678. The van der Waals surface area contributed by atoms with E-state index in [0.29, 0.717) is 11.1 Å². The molecule has 0 saturated heterocycles. The number of nitrogens with zero attached hydrogens (tertiary/aromatic N) is 2. The maximum atomic E-state index is 11.3. The first-order valence-corrected chi connectivity index (χ1v) is 8.21. The van der Waals surface area contributed by atoms with Crippen LogP contribution in [0.5, 0.6) is 0 Å². The van der Waals surface area contributed by atoms with E-state index in [1.807, 2.05) is 19.9 Å². The van der Waals surface area contributed by atoms with Gasteiger partial charge in [-0.2, -0.15) is 0 Å². The molecule has 0 amide bonds. The van der Waals surface area contributed by atoms with Gasteiger partial charge in [0.1, 0.15) is 0 Å². The fraction of sp³-hybridized carbons (Fsp3) is 0.357. The average molecular weight is 307 g/mol. The summed E-state index contributed by atoms with van der Waals surface area (Å²) in [6.45, 7) is 3.77. The van der Waals surface area contributed by atoms with E-state index >= 15 is 0 Å². The highest BCUT2D eigenvalue weighted by atomic mass is 32.2. The fourth-order valence-corrected chi connectivity index (χ4v) is 3.06. The van der Waals surface area contributed by atoms with Crippen LogP contribution in [-0.4, -0.2) is 32.2 Å². The molecule has 6 nitrogen and oxygen atoms in total. The van der Waals surface area contributed by atoms with Gasteiger partial charge in [0.25, 0.3) is 5.69 Å².